The van der Waals surface area contributed by atoms with E-state index in [1.165, 1.54) is 12.3 Å². The van der Waals surface area contributed by atoms with E-state index in [2.05, 4.69) is 24.4 Å². The van der Waals surface area contributed by atoms with E-state index in [1.807, 2.05) is 25.1 Å². The zero-order valence-electron chi connectivity index (χ0n) is 15.8. The minimum absolute atomic E-state index is 0.0825. The van der Waals surface area contributed by atoms with Gasteiger partial charge in [0.2, 0.25) is 0 Å². The number of carbonyl (C=O) groups excluding carboxylic acids is 1. The summed E-state index contributed by atoms with van der Waals surface area (Å²) in [5.74, 6) is 0.550. The predicted molar refractivity (Wildman–Crippen MR) is 104 cm³/mol. The van der Waals surface area contributed by atoms with Crippen molar-refractivity contribution in [2.45, 2.75) is 39.7 Å². The van der Waals surface area contributed by atoms with Crippen LogP contribution in [0.3, 0.4) is 0 Å². The van der Waals surface area contributed by atoms with Crippen molar-refractivity contribution in [1.82, 2.24) is 5.43 Å². The summed E-state index contributed by atoms with van der Waals surface area (Å²) in [4.78, 5) is 22.7. The molecule has 0 spiro atoms. The highest BCUT2D eigenvalue weighted by Gasteiger charge is 2.16. The van der Waals surface area contributed by atoms with Gasteiger partial charge >= 0.3 is 0 Å². The number of carbonyl (C=O) groups is 1. The van der Waals surface area contributed by atoms with Crippen molar-refractivity contribution in [1.29, 1.82) is 0 Å². The van der Waals surface area contributed by atoms with E-state index in [-0.39, 0.29) is 5.69 Å². The van der Waals surface area contributed by atoms with E-state index in [9.17, 15) is 14.9 Å². The monoisotopic (exact) mass is 369 g/mol. The van der Waals surface area contributed by atoms with Gasteiger partial charge < -0.3 is 4.74 Å². The van der Waals surface area contributed by atoms with Crippen LogP contribution in [0.4, 0.5) is 5.69 Å². The molecule has 1 amide bonds. The number of hydrogen-bond acceptors (Lipinski definition) is 5. The second kappa shape index (κ2) is 8.93. The van der Waals surface area contributed by atoms with Gasteiger partial charge in [-0.25, -0.2) is 5.43 Å². The predicted octanol–water partition coefficient (Wildman–Crippen LogP) is 3.94. The zero-order valence-corrected chi connectivity index (χ0v) is 15.8. The Morgan fingerprint density at radius 3 is 2.59 bits per heavy atom. The van der Waals surface area contributed by atoms with Gasteiger partial charge in [0.1, 0.15) is 5.75 Å². The van der Waals surface area contributed by atoms with Crippen LogP contribution in [0.25, 0.3) is 0 Å². The molecule has 1 N–H and O–H groups in total. The molecule has 0 aromatic heterocycles. The number of nitrogens with zero attached hydrogens (tertiary/aromatic N) is 2. The third kappa shape index (κ3) is 5.37. The molecular weight excluding hydrogens is 346 g/mol. The molecule has 2 aromatic carbocycles. The fourth-order valence-electron chi connectivity index (χ4n) is 2.37. The number of nitrogens with one attached hydrogen (secondary N) is 1. The number of amides is 1. The van der Waals surface area contributed by atoms with Crippen molar-refractivity contribution in [3.05, 3.63) is 69.3 Å². The van der Waals surface area contributed by atoms with Crippen molar-refractivity contribution >= 4 is 17.8 Å². The SMILES string of the molecule is Cc1ccc(C(C)C)cc1OC(C)C(=O)NN=Cc1ccccc1[N+](=O)[O-]. The molecule has 0 aliphatic heterocycles. The van der Waals surface area contributed by atoms with E-state index < -0.39 is 16.9 Å². The number of benzene rings is 2. The van der Waals surface area contributed by atoms with Crippen LogP contribution in [-0.2, 0) is 4.79 Å². The Bertz CT molecular complexity index is 862. The number of rotatable bonds is 7. The Kier molecular flexibility index (Phi) is 6.65. The summed E-state index contributed by atoms with van der Waals surface area (Å²) in [5.41, 5.74) is 4.63. The van der Waals surface area contributed by atoms with E-state index >= 15 is 0 Å². The average Bonchev–Trinajstić information content (AvgIpc) is 2.63. The number of aryl methyl sites for hydroxylation is 1. The van der Waals surface area contributed by atoms with Crippen molar-refractivity contribution in [3.8, 4) is 5.75 Å². The molecule has 0 heterocycles. The Morgan fingerprint density at radius 2 is 1.93 bits per heavy atom. The van der Waals surface area contributed by atoms with Crippen molar-refractivity contribution < 1.29 is 14.5 Å². The van der Waals surface area contributed by atoms with E-state index in [4.69, 9.17) is 4.74 Å². The van der Waals surface area contributed by atoms with Crippen LogP contribution < -0.4 is 10.2 Å². The molecule has 7 nitrogen and oxygen atoms in total. The zero-order chi connectivity index (χ0) is 20.0. The molecule has 0 aliphatic rings. The van der Waals surface area contributed by atoms with Crippen LogP contribution in [0.2, 0.25) is 0 Å². The van der Waals surface area contributed by atoms with Gasteiger partial charge in [-0.3, -0.25) is 14.9 Å². The maximum atomic E-state index is 12.2. The molecule has 0 radical (unpaired) electrons. The topological polar surface area (TPSA) is 93.8 Å². The lowest BCUT2D eigenvalue weighted by molar-refractivity contribution is -0.385. The van der Waals surface area contributed by atoms with E-state index in [0.29, 0.717) is 17.2 Å². The first-order chi connectivity index (χ1) is 12.8. The Balaban J connectivity index is 2.03. The van der Waals surface area contributed by atoms with Crippen LogP contribution in [-0.4, -0.2) is 23.1 Å². The molecule has 0 bridgehead atoms. The second-order valence-electron chi connectivity index (χ2n) is 6.49. The average molecular weight is 369 g/mol. The molecule has 0 saturated heterocycles. The highest BCUT2D eigenvalue weighted by Crippen LogP contribution is 2.25. The van der Waals surface area contributed by atoms with Gasteiger partial charge in [-0.1, -0.05) is 38.1 Å². The minimum Gasteiger partial charge on any atom is -0.481 e. The number of ether oxygens (including phenoxy) is 1. The standard InChI is InChI=1S/C20H23N3O4/c1-13(2)16-10-9-14(3)19(11-16)27-15(4)20(24)22-21-12-17-7-5-6-8-18(17)23(25)26/h5-13,15H,1-4H3,(H,22,24). The highest BCUT2D eigenvalue weighted by molar-refractivity contribution is 5.87. The number of nitro benzene ring substituents is 1. The van der Waals surface area contributed by atoms with E-state index in [0.717, 1.165) is 11.1 Å². The summed E-state index contributed by atoms with van der Waals surface area (Å²) < 4.78 is 5.77. The van der Waals surface area contributed by atoms with Gasteiger partial charge in [-0.2, -0.15) is 5.10 Å². The number of nitro groups is 1. The quantitative estimate of drug-likeness (QED) is 0.454. The van der Waals surface area contributed by atoms with Crippen LogP contribution in [0, 0.1) is 17.0 Å². The lowest BCUT2D eigenvalue weighted by Gasteiger charge is -2.16. The lowest BCUT2D eigenvalue weighted by Crippen LogP contribution is -2.33. The van der Waals surface area contributed by atoms with Gasteiger partial charge in [0, 0.05) is 6.07 Å². The molecular formula is C20H23N3O4. The van der Waals surface area contributed by atoms with Crippen molar-refractivity contribution in [2.24, 2.45) is 5.10 Å². The highest BCUT2D eigenvalue weighted by atomic mass is 16.6. The Morgan fingerprint density at radius 1 is 1.22 bits per heavy atom. The summed E-state index contributed by atoms with van der Waals surface area (Å²) in [7, 11) is 0. The first-order valence-corrected chi connectivity index (χ1v) is 8.63. The van der Waals surface area contributed by atoms with E-state index in [1.54, 1.807) is 25.1 Å². The summed E-state index contributed by atoms with van der Waals surface area (Å²) in [6.07, 6.45) is 0.474. The third-order valence-corrected chi connectivity index (χ3v) is 4.06. The Hall–Kier alpha value is -3.22. The van der Waals surface area contributed by atoms with Gasteiger partial charge in [0.15, 0.2) is 6.10 Å². The first kappa shape index (κ1) is 20.1. The fraction of sp³-hybridized carbons (Fsp3) is 0.300. The maximum absolute atomic E-state index is 12.2. The molecule has 0 saturated carbocycles. The minimum atomic E-state index is -0.769. The molecule has 1 unspecified atom stereocenters. The molecule has 1 atom stereocenters. The third-order valence-electron chi connectivity index (χ3n) is 4.06. The van der Waals surface area contributed by atoms with Crippen LogP contribution >= 0.6 is 0 Å². The molecule has 0 fully saturated rings. The van der Waals surface area contributed by atoms with Gasteiger partial charge in [0.25, 0.3) is 11.6 Å². The summed E-state index contributed by atoms with van der Waals surface area (Å²) >= 11 is 0. The van der Waals surface area contributed by atoms with Gasteiger partial charge in [-0.15, -0.1) is 0 Å². The largest absolute Gasteiger partial charge is 0.481 e. The summed E-state index contributed by atoms with van der Waals surface area (Å²) in [5, 5.41) is 14.8. The second-order valence-corrected chi connectivity index (χ2v) is 6.49. The van der Waals surface area contributed by atoms with Crippen LogP contribution in [0.5, 0.6) is 5.75 Å². The molecule has 142 valence electrons. The molecule has 2 rings (SSSR count). The summed E-state index contributed by atoms with van der Waals surface area (Å²) in [6.45, 7) is 7.71. The van der Waals surface area contributed by atoms with Gasteiger partial charge in [-0.05, 0) is 43.0 Å². The maximum Gasteiger partial charge on any atom is 0.280 e. The number of para-hydroxylation sites is 1. The number of hydrazone groups is 1. The molecule has 27 heavy (non-hydrogen) atoms. The smallest absolute Gasteiger partial charge is 0.280 e. The Labute approximate surface area is 158 Å². The molecule has 0 aliphatic carbocycles. The first-order valence-electron chi connectivity index (χ1n) is 8.63. The van der Waals surface area contributed by atoms with Crippen LogP contribution in [0.1, 0.15) is 43.4 Å². The van der Waals surface area contributed by atoms with Crippen LogP contribution in [0.15, 0.2) is 47.6 Å². The van der Waals surface area contributed by atoms with Crippen molar-refractivity contribution in [2.75, 3.05) is 0 Å². The fourth-order valence-corrected chi connectivity index (χ4v) is 2.37. The normalized spacial score (nSPS) is 12.2. The lowest BCUT2D eigenvalue weighted by atomic mass is 10.0. The summed E-state index contributed by atoms with van der Waals surface area (Å²) in [6, 6.07) is 12.1. The molecule has 7 heteroatoms. The number of hydrogen-bond donors (Lipinski definition) is 1. The molecule has 2 aromatic rings. The van der Waals surface area contributed by atoms with Gasteiger partial charge in [0.05, 0.1) is 16.7 Å². The van der Waals surface area contributed by atoms with Crippen molar-refractivity contribution in [3.63, 3.8) is 0 Å².